The molecule has 3 rings (SSSR count). The molecular formula is C15H17N5. The third-order valence-corrected chi connectivity index (χ3v) is 3.41. The molecule has 0 aliphatic heterocycles. The van der Waals surface area contributed by atoms with Crippen molar-refractivity contribution in [2.75, 3.05) is 30.6 Å². The van der Waals surface area contributed by atoms with Crippen LogP contribution in [0.5, 0.6) is 0 Å². The monoisotopic (exact) mass is 267 g/mol. The Bertz CT molecular complexity index is 743. The molecule has 0 bridgehead atoms. The van der Waals surface area contributed by atoms with E-state index in [1.54, 1.807) is 4.68 Å². The maximum absolute atomic E-state index is 6.15. The smallest absolute Gasteiger partial charge is 0.159 e. The molecule has 0 saturated carbocycles. The van der Waals surface area contributed by atoms with E-state index in [1.807, 2.05) is 56.6 Å². The van der Waals surface area contributed by atoms with Gasteiger partial charge in [0.25, 0.3) is 0 Å². The van der Waals surface area contributed by atoms with Crippen LogP contribution in [0.15, 0.2) is 42.5 Å². The Labute approximate surface area is 117 Å². The highest BCUT2D eigenvalue weighted by Crippen LogP contribution is 2.25. The summed E-state index contributed by atoms with van der Waals surface area (Å²) in [6, 6.07) is 14.0. The summed E-state index contributed by atoms with van der Waals surface area (Å²) < 4.78 is 1.63. The van der Waals surface area contributed by atoms with Gasteiger partial charge in [0.05, 0.1) is 11.0 Å². The summed E-state index contributed by atoms with van der Waals surface area (Å²) in [5.74, 6) is 6.91. The lowest BCUT2D eigenvalue weighted by Gasteiger charge is -2.04. The number of aromatic nitrogens is 2. The predicted molar refractivity (Wildman–Crippen MR) is 84.4 cm³/mol. The van der Waals surface area contributed by atoms with Gasteiger partial charge in [0, 0.05) is 31.0 Å². The van der Waals surface area contributed by atoms with E-state index in [0.717, 1.165) is 33.8 Å². The number of imidazole rings is 1. The van der Waals surface area contributed by atoms with Crippen molar-refractivity contribution in [3.63, 3.8) is 0 Å². The first-order chi connectivity index (χ1) is 9.72. The van der Waals surface area contributed by atoms with E-state index in [1.165, 1.54) is 0 Å². The van der Waals surface area contributed by atoms with Gasteiger partial charge in [-0.15, -0.1) is 0 Å². The van der Waals surface area contributed by atoms with Crippen molar-refractivity contribution in [3.05, 3.63) is 42.5 Å². The van der Waals surface area contributed by atoms with Crippen molar-refractivity contribution in [2.24, 2.45) is 0 Å². The number of nitrogens with zero attached hydrogens (tertiary/aromatic N) is 2. The molecule has 1 heterocycles. The van der Waals surface area contributed by atoms with Crippen LogP contribution in [0.3, 0.4) is 0 Å². The average molecular weight is 267 g/mol. The molecule has 20 heavy (non-hydrogen) atoms. The topological polar surface area (TPSA) is 67.9 Å². The minimum atomic E-state index is 0.760. The highest BCUT2D eigenvalue weighted by molar-refractivity contribution is 5.84. The van der Waals surface area contributed by atoms with E-state index >= 15 is 0 Å². The number of nitrogens with two attached hydrogens (primary N) is 1. The van der Waals surface area contributed by atoms with Crippen LogP contribution in [0, 0.1) is 0 Å². The predicted octanol–water partition coefficient (Wildman–Crippen LogP) is 2.50. The molecule has 0 spiro atoms. The number of nitrogen functional groups attached to an aromatic ring is 1. The van der Waals surface area contributed by atoms with Gasteiger partial charge >= 0.3 is 0 Å². The lowest BCUT2D eigenvalue weighted by Crippen LogP contribution is -2.09. The first kappa shape index (κ1) is 12.3. The Hall–Kier alpha value is -2.69. The van der Waals surface area contributed by atoms with Gasteiger partial charge in [-0.1, -0.05) is 0 Å². The van der Waals surface area contributed by atoms with E-state index in [4.69, 9.17) is 5.84 Å². The summed E-state index contributed by atoms with van der Waals surface area (Å²) in [4.78, 5) is 4.62. The average Bonchev–Trinajstić information content (AvgIpc) is 2.84. The van der Waals surface area contributed by atoms with E-state index in [9.17, 15) is 0 Å². The van der Waals surface area contributed by atoms with E-state index in [0.29, 0.717) is 0 Å². The van der Waals surface area contributed by atoms with E-state index < -0.39 is 0 Å². The van der Waals surface area contributed by atoms with Gasteiger partial charge in [-0.2, -0.15) is 0 Å². The number of fused-ring (bicyclic) bond motifs is 1. The van der Waals surface area contributed by atoms with E-state index in [-0.39, 0.29) is 0 Å². The summed E-state index contributed by atoms with van der Waals surface area (Å²) in [5.41, 5.74) is 4.87. The fraction of sp³-hybridized carbons (Fsp3) is 0.133. The largest absolute Gasteiger partial charge is 0.388 e. The molecule has 0 radical (unpaired) electrons. The summed E-state index contributed by atoms with van der Waals surface area (Å²) in [5, 5.41) is 6.20. The zero-order valence-corrected chi connectivity index (χ0v) is 11.5. The molecule has 0 amide bonds. The number of nitrogens with one attached hydrogen (secondary N) is 2. The molecule has 0 unspecified atom stereocenters. The van der Waals surface area contributed by atoms with E-state index in [2.05, 4.69) is 15.6 Å². The van der Waals surface area contributed by atoms with Gasteiger partial charge in [0.1, 0.15) is 0 Å². The second-order valence-electron chi connectivity index (χ2n) is 4.59. The standard InChI is InChI=1S/C15H17N5/c1-17-11-5-3-10(4-6-11)15-19-13-9-12(18-2)7-8-14(13)20(15)16/h3-9,17-18H,16H2,1-2H3. The zero-order chi connectivity index (χ0) is 14.1. The van der Waals surface area contributed by atoms with Crippen LogP contribution in [0.2, 0.25) is 0 Å². The van der Waals surface area contributed by atoms with Crippen molar-refractivity contribution in [1.82, 2.24) is 9.66 Å². The SMILES string of the molecule is CNc1ccc(-c2nc3cc(NC)ccc3n2N)cc1. The number of hydrogen-bond donors (Lipinski definition) is 3. The molecular weight excluding hydrogens is 250 g/mol. The van der Waals surface area contributed by atoms with Crippen molar-refractivity contribution < 1.29 is 0 Å². The molecule has 0 fully saturated rings. The Balaban J connectivity index is 2.12. The van der Waals surface area contributed by atoms with Gasteiger partial charge in [0.2, 0.25) is 0 Å². The third-order valence-electron chi connectivity index (χ3n) is 3.41. The Kier molecular flexibility index (Phi) is 2.95. The molecule has 1 aromatic heterocycles. The van der Waals surface area contributed by atoms with Gasteiger partial charge < -0.3 is 16.5 Å². The summed E-state index contributed by atoms with van der Waals surface area (Å²) in [6.45, 7) is 0. The molecule has 102 valence electrons. The Morgan fingerprint density at radius 3 is 2.25 bits per heavy atom. The lowest BCUT2D eigenvalue weighted by molar-refractivity contribution is 1.05. The van der Waals surface area contributed by atoms with Gasteiger partial charge in [-0.3, -0.25) is 0 Å². The highest BCUT2D eigenvalue weighted by atomic mass is 15.3. The fourth-order valence-corrected chi connectivity index (χ4v) is 2.24. The van der Waals surface area contributed by atoms with Gasteiger partial charge in [-0.05, 0) is 42.5 Å². The molecule has 0 aliphatic rings. The molecule has 0 atom stereocenters. The molecule has 0 aliphatic carbocycles. The van der Waals surface area contributed by atoms with Crippen molar-refractivity contribution in [1.29, 1.82) is 0 Å². The van der Waals surface area contributed by atoms with Crippen LogP contribution in [-0.2, 0) is 0 Å². The van der Waals surface area contributed by atoms with Crippen LogP contribution in [0.4, 0.5) is 11.4 Å². The molecule has 5 nitrogen and oxygen atoms in total. The van der Waals surface area contributed by atoms with Crippen LogP contribution in [0.25, 0.3) is 22.4 Å². The molecule has 2 aromatic carbocycles. The van der Waals surface area contributed by atoms with Crippen LogP contribution < -0.4 is 16.5 Å². The number of benzene rings is 2. The molecule has 3 aromatic rings. The summed E-state index contributed by atoms with van der Waals surface area (Å²) >= 11 is 0. The molecule has 5 heteroatoms. The second-order valence-corrected chi connectivity index (χ2v) is 4.59. The number of anilines is 2. The summed E-state index contributed by atoms with van der Waals surface area (Å²) in [6.07, 6.45) is 0. The minimum Gasteiger partial charge on any atom is -0.388 e. The quantitative estimate of drug-likeness (QED) is 0.638. The minimum absolute atomic E-state index is 0.760. The molecule has 4 N–H and O–H groups in total. The van der Waals surface area contributed by atoms with Crippen molar-refractivity contribution in [2.45, 2.75) is 0 Å². The van der Waals surface area contributed by atoms with Crippen LogP contribution in [-0.4, -0.2) is 23.8 Å². The summed E-state index contributed by atoms with van der Waals surface area (Å²) in [7, 11) is 3.78. The maximum atomic E-state index is 6.15. The Morgan fingerprint density at radius 2 is 1.60 bits per heavy atom. The number of rotatable bonds is 3. The lowest BCUT2D eigenvalue weighted by atomic mass is 10.2. The second kappa shape index (κ2) is 4.77. The third kappa shape index (κ3) is 1.93. The Morgan fingerprint density at radius 1 is 0.950 bits per heavy atom. The van der Waals surface area contributed by atoms with Crippen molar-refractivity contribution in [3.8, 4) is 11.4 Å². The highest BCUT2D eigenvalue weighted by Gasteiger charge is 2.10. The normalized spacial score (nSPS) is 10.7. The number of hydrogen-bond acceptors (Lipinski definition) is 4. The fourth-order valence-electron chi connectivity index (χ4n) is 2.24. The van der Waals surface area contributed by atoms with Crippen LogP contribution >= 0.6 is 0 Å². The first-order valence-corrected chi connectivity index (χ1v) is 6.46. The van der Waals surface area contributed by atoms with Gasteiger partial charge in [0.15, 0.2) is 5.82 Å². The van der Waals surface area contributed by atoms with Crippen molar-refractivity contribution >= 4 is 22.4 Å². The maximum Gasteiger partial charge on any atom is 0.159 e. The zero-order valence-electron chi connectivity index (χ0n) is 11.5. The first-order valence-electron chi connectivity index (χ1n) is 6.46. The van der Waals surface area contributed by atoms with Crippen LogP contribution in [0.1, 0.15) is 0 Å². The molecule has 0 saturated heterocycles. The van der Waals surface area contributed by atoms with Gasteiger partial charge in [-0.25, -0.2) is 9.66 Å².